The lowest BCUT2D eigenvalue weighted by Crippen LogP contribution is -2.29. The minimum atomic E-state index is -1.46. The molecule has 536 valence electrons. The predicted octanol–water partition coefficient (Wildman–Crippen LogP) is 27.7. The van der Waals surface area contributed by atoms with Crippen molar-refractivity contribution in [3.8, 4) is 77.9 Å². The van der Waals surface area contributed by atoms with Crippen molar-refractivity contribution < 1.29 is 18.9 Å². The number of nitrogens with zero attached hydrogens (tertiary/aromatic N) is 2. The van der Waals surface area contributed by atoms with Crippen LogP contribution in [0, 0.1) is 0 Å². The average molecular weight is 1460 g/mol. The Morgan fingerprint density at radius 1 is 0.261 bits per heavy atom. The van der Waals surface area contributed by atoms with Gasteiger partial charge in [-0.25, -0.2) is 0 Å². The third kappa shape index (κ3) is 13.3. The molecule has 111 heavy (non-hydrogen) atoms. The summed E-state index contributed by atoms with van der Waals surface area (Å²) in [7, 11) is -1.46. The van der Waals surface area contributed by atoms with E-state index >= 15 is 0 Å². The van der Waals surface area contributed by atoms with Crippen LogP contribution in [0.15, 0.2) is 385 Å². The molecule has 0 aliphatic heterocycles. The second-order valence-electron chi connectivity index (χ2n) is 29.5. The number of furan rings is 2. The third-order valence-corrected chi connectivity index (χ3v) is 22.3. The molecule has 8 heteroatoms. The molecule has 18 aromatic rings. The minimum Gasteiger partial charge on any atom is -0.455 e. The lowest BCUT2D eigenvalue weighted by atomic mass is 9.80. The van der Waals surface area contributed by atoms with Gasteiger partial charge in [0.2, 0.25) is 0 Å². The highest BCUT2D eigenvalue weighted by atomic mass is 35.5. The van der Waals surface area contributed by atoms with Gasteiger partial charge >= 0.3 is 7.12 Å². The van der Waals surface area contributed by atoms with Gasteiger partial charge in [-0.2, -0.15) is 0 Å². The zero-order valence-corrected chi connectivity index (χ0v) is 62.1. The van der Waals surface area contributed by atoms with Crippen molar-refractivity contribution in [2.45, 2.75) is 46.0 Å². The molecule has 0 bridgehead atoms. The highest BCUT2D eigenvalue weighted by molar-refractivity contribution is 6.58. The van der Waals surface area contributed by atoms with Crippen molar-refractivity contribution in [1.29, 1.82) is 0 Å². The number of anilines is 6. The zero-order valence-electron chi connectivity index (χ0n) is 61.4. The van der Waals surface area contributed by atoms with Crippen LogP contribution in [0.1, 0.15) is 57.4 Å². The van der Waals surface area contributed by atoms with Crippen molar-refractivity contribution in [3.63, 3.8) is 0 Å². The summed E-state index contributed by atoms with van der Waals surface area (Å²) < 4.78 is 12.5. The Balaban J connectivity index is 0.000000133. The maximum atomic E-state index is 9.39. The van der Waals surface area contributed by atoms with Crippen LogP contribution in [0.5, 0.6) is 0 Å². The van der Waals surface area contributed by atoms with Crippen LogP contribution in [0.25, 0.3) is 122 Å². The summed E-state index contributed by atoms with van der Waals surface area (Å²) in [4.78, 5) is 4.67. The van der Waals surface area contributed by atoms with Crippen LogP contribution in [-0.4, -0.2) is 17.2 Å². The summed E-state index contributed by atoms with van der Waals surface area (Å²) >= 11 is 6.29. The SMILES string of the molecule is C.CC1(C)c2ccccc2-c2ccc(N(c3ccccc3)c3ccc(-c4ccc(-c5cc(-c6ccccc6)c6oc7ccccc7c6c5)cc4)cc3)cc21.CC1(C)c2ccccc2-c2ccc(N(c3ccccc3)c3ccc(-c4ccc(B(O)O)cc4)cc3)cc21.Clc1cc(-c2ccccc2)c2oc3ccccc3c2c1. The highest BCUT2D eigenvalue weighted by Gasteiger charge is 2.37. The van der Waals surface area contributed by atoms with Gasteiger partial charge in [0, 0.05) is 82.6 Å². The Bertz CT molecular complexity index is 6420. The van der Waals surface area contributed by atoms with Crippen LogP contribution in [0.4, 0.5) is 34.1 Å². The Morgan fingerprint density at radius 3 is 1.02 bits per heavy atom. The fourth-order valence-corrected chi connectivity index (χ4v) is 16.7. The molecular formula is C103H80BClN2O4. The first-order valence-corrected chi connectivity index (χ1v) is 37.8. The number of hydrogen-bond acceptors (Lipinski definition) is 6. The molecule has 2 aliphatic carbocycles. The topological polar surface area (TPSA) is 73.2 Å². The van der Waals surface area contributed by atoms with Gasteiger partial charge in [0.15, 0.2) is 0 Å². The number of halogens is 1. The number of fused-ring (bicyclic) bond motifs is 12. The van der Waals surface area contributed by atoms with Crippen molar-refractivity contribution in [3.05, 3.63) is 403 Å². The molecular weight excluding hydrogens is 1380 g/mol. The smallest absolute Gasteiger partial charge is 0.455 e. The van der Waals surface area contributed by atoms with E-state index in [0.717, 1.165) is 116 Å². The fraction of sp³-hybridized carbons (Fsp3) is 0.0680. The van der Waals surface area contributed by atoms with E-state index in [9.17, 15) is 10.0 Å². The molecule has 2 aromatic heterocycles. The first kappa shape index (κ1) is 70.9. The standard InChI is InChI=1S/C51H37NO.C33H28BNO2.C18H11ClO.CH4/c1-51(2)47-19-11-9-17-42(47)43-30-29-41(33-48(43)51)52(39-15-7-4-8-16-39)40-27-25-35(26-28-40)34-21-23-36(24-22-34)38-31-45(37-13-5-3-6-14-37)50-46(32-38)44-18-10-12-20-49(44)53-50;1-33(2)31-11-7-6-10-29(31)30-21-20-28(22-32(30)33)35(26-8-4-3-5-9-26)27-18-14-24(15-19-27)23-12-16-25(17-13-23)34(36)37;19-13-10-15(12-6-2-1-3-7-12)18-16(11-13)14-8-4-5-9-17(14)20-18;/h3-33H,1-2H3;3-22,36-37H,1-2H3;1-11H;1H4. The van der Waals surface area contributed by atoms with Crippen molar-refractivity contribution in [2.24, 2.45) is 0 Å². The molecule has 0 atom stereocenters. The van der Waals surface area contributed by atoms with Crippen LogP contribution in [0.3, 0.4) is 0 Å². The number of rotatable bonds is 12. The van der Waals surface area contributed by atoms with Gasteiger partial charge in [0.25, 0.3) is 0 Å². The molecule has 0 fully saturated rings. The van der Waals surface area contributed by atoms with E-state index in [4.69, 9.17) is 20.4 Å². The molecule has 0 amide bonds. The number of para-hydroxylation sites is 4. The van der Waals surface area contributed by atoms with Crippen LogP contribution >= 0.6 is 11.6 Å². The average Bonchev–Trinajstić information content (AvgIpc) is 1.59. The first-order chi connectivity index (χ1) is 53.8. The Labute approximate surface area is 653 Å². The number of benzene rings is 16. The Kier molecular flexibility index (Phi) is 18.9. The van der Waals surface area contributed by atoms with Crippen molar-refractivity contribution in [2.75, 3.05) is 9.80 Å². The molecule has 0 saturated heterocycles. The van der Waals surface area contributed by atoms with Gasteiger partial charge in [-0.3, -0.25) is 0 Å². The van der Waals surface area contributed by atoms with E-state index < -0.39 is 7.12 Å². The molecule has 0 unspecified atom stereocenters. The lowest BCUT2D eigenvalue weighted by molar-refractivity contribution is 0.426. The third-order valence-electron chi connectivity index (χ3n) is 22.1. The van der Waals surface area contributed by atoms with E-state index in [-0.39, 0.29) is 18.3 Å². The summed E-state index contributed by atoms with van der Waals surface area (Å²) in [5.41, 5.74) is 32.7. The molecule has 0 spiro atoms. The second-order valence-corrected chi connectivity index (χ2v) is 29.9. The molecule has 2 N–H and O–H groups in total. The molecule has 6 nitrogen and oxygen atoms in total. The van der Waals surface area contributed by atoms with Gasteiger partial charge in [-0.1, -0.05) is 314 Å². The van der Waals surface area contributed by atoms with Crippen LogP contribution < -0.4 is 15.3 Å². The summed E-state index contributed by atoms with van der Waals surface area (Å²) in [6, 6.07) is 132. The Hall–Kier alpha value is -13.0. The largest absolute Gasteiger partial charge is 0.488 e. The van der Waals surface area contributed by atoms with Gasteiger partial charge in [-0.15, -0.1) is 0 Å². The Morgan fingerprint density at radius 2 is 0.586 bits per heavy atom. The zero-order chi connectivity index (χ0) is 74.6. The van der Waals surface area contributed by atoms with Crippen LogP contribution in [-0.2, 0) is 10.8 Å². The monoisotopic (exact) mass is 1450 g/mol. The molecule has 20 rings (SSSR count). The summed E-state index contributed by atoms with van der Waals surface area (Å²) in [5, 5.41) is 23.9. The van der Waals surface area contributed by atoms with E-state index in [1.165, 1.54) is 66.8 Å². The minimum absolute atomic E-state index is 0. The number of hydrogen-bond donors (Lipinski definition) is 2. The predicted molar refractivity (Wildman–Crippen MR) is 467 cm³/mol. The maximum absolute atomic E-state index is 9.39. The quantitative estimate of drug-likeness (QED) is 0.119. The molecule has 0 radical (unpaired) electrons. The molecule has 2 aliphatic rings. The highest BCUT2D eigenvalue weighted by Crippen LogP contribution is 2.53. The van der Waals surface area contributed by atoms with Gasteiger partial charge < -0.3 is 28.7 Å². The first-order valence-electron chi connectivity index (χ1n) is 37.4. The van der Waals surface area contributed by atoms with E-state index in [0.29, 0.717) is 5.46 Å². The summed E-state index contributed by atoms with van der Waals surface area (Å²) in [5.74, 6) is 0. The summed E-state index contributed by atoms with van der Waals surface area (Å²) in [6.45, 7) is 9.30. The lowest BCUT2D eigenvalue weighted by Gasteiger charge is -2.28. The summed E-state index contributed by atoms with van der Waals surface area (Å²) in [6.07, 6.45) is 0. The van der Waals surface area contributed by atoms with E-state index in [1.54, 1.807) is 12.1 Å². The van der Waals surface area contributed by atoms with Crippen molar-refractivity contribution in [1.82, 2.24) is 0 Å². The van der Waals surface area contributed by atoms with Crippen molar-refractivity contribution >= 4 is 102 Å². The fourth-order valence-electron chi connectivity index (χ4n) is 16.5. The molecule has 0 saturated carbocycles. The molecule has 2 heterocycles. The van der Waals surface area contributed by atoms with E-state index in [2.05, 4.69) is 329 Å². The second kappa shape index (κ2) is 29.5. The molecule has 16 aromatic carbocycles. The maximum Gasteiger partial charge on any atom is 0.488 e. The van der Waals surface area contributed by atoms with Gasteiger partial charge in [0.1, 0.15) is 22.3 Å². The van der Waals surface area contributed by atoms with Crippen LogP contribution in [0.2, 0.25) is 5.02 Å². The van der Waals surface area contributed by atoms with E-state index in [1.807, 2.05) is 72.8 Å². The van der Waals surface area contributed by atoms with Gasteiger partial charge in [0.05, 0.1) is 0 Å². The van der Waals surface area contributed by atoms with Gasteiger partial charge in [-0.05, 0) is 204 Å². The normalized spacial score (nSPS) is 12.5.